The molecule has 1 nitrogen and oxygen atoms in total. The van der Waals surface area contributed by atoms with E-state index in [4.69, 9.17) is 4.74 Å². The van der Waals surface area contributed by atoms with E-state index in [1.54, 1.807) is 24.3 Å². The lowest BCUT2D eigenvalue weighted by Crippen LogP contribution is -2.25. The Morgan fingerprint density at radius 2 is 1.76 bits per heavy atom. The summed E-state index contributed by atoms with van der Waals surface area (Å²) in [5.41, 5.74) is 1.42. The van der Waals surface area contributed by atoms with Crippen LogP contribution in [0.5, 0.6) is 0 Å². The minimum atomic E-state index is -0.907. The summed E-state index contributed by atoms with van der Waals surface area (Å²) in [6, 6.07) is 7.82. The molecule has 4 heteroatoms. The first kappa shape index (κ1) is 21.9. The Hall–Kier alpha value is -1.81. The quantitative estimate of drug-likeness (QED) is 0.412. The lowest BCUT2D eigenvalue weighted by Gasteiger charge is -2.29. The van der Waals surface area contributed by atoms with Crippen molar-refractivity contribution < 1.29 is 17.9 Å². The summed E-state index contributed by atoms with van der Waals surface area (Å²) in [6.45, 7) is 4.57. The SMILES string of the molecule is CCCCCC1CCC(c2ccc(-c3ccc(CCC)c(F)c3)c(F)c2F)CO1. The standard InChI is InChI=1S/C25H31F3O/c1-3-5-6-8-20-12-11-19(16-29-20)22-14-13-21(24(27)25(22)28)18-10-9-17(7-4-2)23(26)15-18/h9-10,13-15,19-20H,3-8,11-12,16H2,1-2H3. The fraction of sp³-hybridized carbons (Fsp3) is 0.520. The lowest BCUT2D eigenvalue weighted by molar-refractivity contribution is -0.00277. The molecule has 0 aromatic heterocycles. The minimum Gasteiger partial charge on any atom is -0.378 e. The van der Waals surface area contributed by atoms with Gasteiger partial charge in [-0.25, -0.2) is 13.2 Å². The van der Waals surface area contributed by atoms with Gasteiger partial charge in [0.25, 0.3) is 0 Å². The maximum absolute atomic E-state index is 14.9. The van der Waals surface area contributed by atoms with Crippen molar-refractivity contribution in [3.05, 3.63) is 58.9 Å². The Morgan fingerprint density at radius 3 is 2.41 bits per heavy atom. The van der Waals surface area contributed by atoms with Crippen LogP contribution in [0.3, 0.4) is 0 Å². The maximum atomic E-state index is 14.9. The number of halogens is 3. The fourth-order valence-electron chi connectivity index (χ4n) is 4.19. The first-order valence-corrected chi connectivity index (χ1v) is 10.9. The van der Waals surface area contributed by atoms with Crippen LogP contribution in [0, 0.1) is 17.5 Å². The Balaban J connectivity index is 1.73. The van der Waals surface area contributed by atoms with Crippen LogP contribution < -0.4 is 0 Å². The molecule has 0 bridgehead atoms. The molecule has 3 rings (SSSR count). The van der Waals surface area contributed by atoms with Crippen molar-refractivity contribution in [1.29, 1.82) is 0 Å². The molecule has 0 spiro atoms. The summed E-state index contributed by atoms with van der Waals surface area (Å²) >= 11 is 0. The van der Waals surface area contributed by atoms with E-state index in [1.165, 1.54) is 18.9 Å². The van der Waals surface area contributed by atoms with E-state index in [-0.39, 0.29) is 23.4 Å². The summed E-state index contributed by atoms with van der Waals surface area (Å²) in [7, 11) is 0. The largest absolute Gasteiger partial charge is 0.378 e. The van der Waals surface area contributed by atoms with Crippen molar-refractivity contribution in [2.45, 2.75) is 77.2 Å². The van der Waals surface area contributed by atoms with Crippen molar-refractivity contribution in [2.75, 3.05) is 6.61 Å². The highest BCUT2D eigenvalue weighted by Gasteiger charge is 2.27. The van der Waals surface area contributed by atoms with Crippen LogP contribution in [0.2, 0.25) is 0 Å². The molecule has 0 saturated carbocycles. The van der Waals surface area contributed by atoms with Crippen LogP contribution in [-0.4, -0.2) is 12.7 Å². The lowest BCUT2D eigenvalue weighted by atomic mass is 9.88. The average molecular weight is 405 g/mol. The Kier molecular flexibility index (Phi) is 7.77. The van der Waals surface area contributed by atoms with Crippen molar-refractivity contribution in [3.8, 4) is 11.1 Å². The first-order valence-electron chi connectivity index (χ1n) is 10.9. The molecule has 0 N–H and O–H groups in total. The van der Waals surface area contributed by atoms with Gasteiger partial charge in [0.1, 0.15) is 5.82 Å². The molecule has 2 unspecified atom stereocenters. The number of hydrogen-bond acceptors (Lipinski definition) is 1. The summed E-state index contributed by atoms with van der Waals surface area (Å²) in [5.74, 6) is -2.25. The van der Waals surface area contributed by atoms with Gasteiger partial charge < -0.3 is 4.74 Å². The molecule has 0 aliphatic carbocycles. The highest BCUT2D eigenvalue weighted by atomic mass is 19.2. The Morgan fingerprint density at radius 1 is 0.931 bits per heavy atom. The second-order valence-corrected chi connectivity index (χ2v) is 8.11. The summed E-state index contributed by atoms with van der Waals surface area (Å²) < 4.78 is 49.8. The smallest absolute Gasteiger partial charge is 0.166 e. The second kappa shape index (κ2) is 10.3. The zero-order valence-corrected chi connectivity index (χ0v) is 17.4. The molecule has 0 radical (unpaired) electrons. The monoisotopic (exact) mass is 404 g/mol. The molecular weight excluding hydrogens is 373 g/mol. The number of hydrogen-bond donors (Lipinski definition) is 0. The van der Waals surface area contributed by atoms with E-state index >= 15 is 0 Å². The van der Waals surface area contributed by atoms with Gasteiger partial charge in [-0.2, -0.15) is 0 Å². The second-order valence-electron chi connectivity index (χ2n) is 8.11. The van der Waals surface area contributed by atoms with E-state index in [9.17, 15) is 13.2 Å². The normalized spacial score (nSPS) is 19.5. The molecule has 0 amide bonds. The van der Waals surface area contributed by atoms with Gasteiger partial charge in [-0.15, -0.1) is 0 Å². The van der Waals surface area contributed by atoms with Crippen LogP contribution in [0.1, 0.15) is 75.8 Å². The molecule has 1 fully saturated rings. The molecule has 29 heavy (non-hydrogen) atoms. The molecule has 2 aromatic carbocycles. The third kappa shape index (κ3) is 5.22. The molecule has 1 saturated heterocycles. The van der Waals surface area contributed by atoms with Gasteiger partial charge in [0.05, 0.1) is 12.7 Å². The predicted octanol–water partition coefficient (Wildman–Crippen LogP) is 7.57. The van der Waals surface area contributed by atoms with E-state index in [2.05, 4.69) is 6.92 Å². The van der Waals surface area contributed by atoms with Gasteiger partial charge in [0.15, 0.2) is 11.6 Å². The molecular formula is C25H31F3O. The van der Waals surface area contributed by atoms with Crippen molar-refractivity contribution in [2.24, 2.45) is 0 Å². The van der Waals surface area contributed by atoms with Gasteiger partial charge in [0.2, 0.25) is 0 Å². The molecule has 158 valence electrons. The summed E-state index contributed by atoms with van der Waals surface area (Å²) in [4.78, 5) is 0. The van der Waals surface area contributed by atoms with E-state index in [0.29, 0.717) is 29.7 Å². The number of unbranched alkanes of at least 4 members (excludes halogenated alkanes) is 2. The summed E-state index contributed by atoms with van der Waals surface area (Å²) in [5, 5.41) is 0. The van der Waals surface area contributed by atoms with Crippen LogP contribution >= 0.6 is 0 Å². The van der Waals surface area contributed by atoms with Gasteiger partial charge >= 0.3 is 0 Å². The molecule has 1 aliphatic heterocycles. The number of ether oxygens (including phenoxy) is 1. The van der Waals surface area contributed by atoms with Gasteiger partial charge in [-0.05, 0) is 48.4 Å². The first-order chi connectivity index (χ1) is 14.0. The maximum Gasteiger partial charge on any atom is 0.166 e. The minimum absolute atomic E-state index is 0.0994. The van der Waals surface area contributed by atoms with Crippen molar-refractivity contribution >= 4 is 0 Å². The number of aryl methyl sites for hydroxylation is 1. The van der Waals surface area contributed by atoms with Crippen LogP contribution in [0.15, 0.2) is 30.3 Å². The zero-order chi connectivity index (χ0) is 20.8. The number of benzene rings is 2. The van der Waals surface area contributed by atoms with E-state index in [1.807, 2.05) is 6.92 Å². The molecule has 1 aliphatic rings. The zero-order valence-electron chi connectivity index (χ0n) is 17.4. The molecule has 2 aromatic rings. The van der Waals surface area contributed by atoms with Crippen LogP contribution in [0.4, 0.5) is 13.2 Å². The van der Waals surface area contributed by atoms with Gasteiger partial charge in [-0.1, -0.05) is 63.8 Å². The highest BCUT2D eigenvalue weighted by molar-refractivity contribution is 5.65. The predicted molar refractivity (Wildman–Crippen MR) is 112 cm³/mol. The third-order valence-electron chi connectivity index (χ3n) is 5.94. The topological polar surface area (TPSA) is 9.23 Å². The van der Waals surface area contributed by atoms with Gasteiger partial charge in [0, 0.05) is 11.5 Å². The Labute approximate surface area is 172 Å². The van der Waals surface area contributed by atoms with Crippen LogP contribution in [-0.2, 0) is 11.2 Å². The van der Waals surface area contributed by atoms with Crippen molar-refractivity contribution in [3.63, 3.8) is 0 Å². The van der Waals surface area contributed by atoms with Gasteiger partial charge in [-0.3, -0.25) is 0 Å². The average Bonchev–Trinajstić information content (AvgIpc) is 2.73. The molecule has 2 atom stereocenters. The third-order valence-corrected chi connectivity index (χ3v) is 5.94. The van der Waals surface area contributed by atoms with E-state index < -0.39 is 11.6 Å². The Bertz CT molecular complexity index is 810. The summed E-state index contributed by atoms with van der Waals surface area (Å²) in [6.07, 6.45) is 7.93. The van der Waals surface area contributed by atoms with Crippen molar-refractivity contribution in [1.82, 2.24) is 0 Å². The highest BCUT2D eigenvalue weighted by Crippen LogP contribution is 2.35. The van der Waals surface area contributed by atoms with Crippen LogP contribution in [0.25, 0.3) is 11.1 Å². The van der Waals surface area contributed by atoms with E-state index in [0.717, 1.165) is 32.1 Å². The molecule has 1 heterocycles. The fourth-order valence-corrected chi connectivity index (χ4v) is 4.19. The number of rotatable bonds is 8.